The molecule has 0 spiro atoms. The van der Waals surface area contributed by atoms with Gasteiger partial charge in [-0.2, -0.15) is 5.26 Å². The summed E-state index contributed by atoms with van der Waals surface area (Å²) in [7, 11) is 0. The third kappa shape index (κ3) is 1.13. The lowest BCUT2D eigenvalue weighted by Crippen LogP contribution is -2.07. The smallest absolute Gasteiger partial charge is 0.0994 e. The van der Waals surface area contributed by atoms with Crippen LogP contribution >= 0.6 is 0 Å². The van der Waals surface area contributed by atoms with Crippen LogP contribution in [0, 0.1) is 18.3 Å². The Morgan fingerprint density at radius 2 is 2.31 bits per heavy atom. The number of benzene rings is 1. The lowest BCUT2D eigenvalue weighted by atomic mass is 9.98. The summed E-state index contributed by atoms with van der Waals surface area (Å²) < 4.78 is 0. The largest absolute Gasteiger partial charge is 0.324 e. The minimum Gasteiger partial charge on any atom is -0.324 e. The number of hydrogen-bond donors (Lipinski definition) is 1. The minimum absolute atomic E-state index is 0.142. The van der Waals surface area contributed by atoms with Gasteiger partial charge in [0.2, 0.25) is 0 Å². The number of aryl methyl sites for hydroxylation is 1. The van der Waals surface area contributed by atoms with Gasteiger partial charge in [0.05, 0.1) is 11.6 Å². The van der Waals surface area contributed by atoms with Gasteiger partial charge in [-0.05, 0) is 42.5 Å². The first kappa shape index (κ1) is 8.28. The van der Waals surface area contributed by atoms with E-state index in [2.05, 4.69) is 13.0 Å². The van der Waals surface area contributed by atoms with E-state index in [1.54, 1.807) is 0 Å². The fourth-order valence-corrected chi connectivity index (χ4v) is 2.12. The molecule has 1 atom stereocenters. The first-order valence-electron chi connectivity index (χ1n) is 4.52. The van der Waals surface area contributed by atoms with Crippen molar-refractivity contribution in [2.75, 3.05) is 0 Å². The summed E-state index contributed by atoms with van der Waals surface area (Å²) in [6.45, 7) is 2.06. The molecule has 0 radical (unpaired) electrons. The zero-order valence-corrected chi connectivity index (χ0v) is 7.67. The first-order chi connectivity index (χ1) is 6.24. The third-order valence-corrected chi connectivity index (χ3v) is 2.77. The molecule has 0 bridgehead atoms. The fraction of sp³-hybridized carbons (Fsp3) is 0.364. The van der Waals surface area contributed by atoms with Crippen molar-refractivity contribution in [1.82, 2.24) is 0 Å². The molecule has 13 heavy (non-hydrogen) atoms. The topological polar surface area (TPSA) is 49.8 Å². The van der Waals surface area contributed by atoms with E-state index in [9.17, 15) is 0 Å². The van der Waals surface area contributed by atoms with Gasteiger partial charge in [-0.3, -0.25) is 0 Å². The number of fused-ring (bicyclic) bond motifs is 1. The second-order valence-corrected chi connectivity index (χ2v) is 3.58. The van der Waals surface area contributed by atoms with Crippen LogP contribution in [0.1, 0.15) is 34.7 Å². The van der Waals surface area contributed by atoms with E-state index in [1.165, 1.54) is 16.7 Å². The molecule has 0 unspecified atom stereocenters. The van der Waals surface area contributed by atoms with Gasteiger partial charge in [-0.1, -0.05) is 6.07 Å². The summed E-state index contributed by atoms with van der Waals surface area (Å²) in [5, 5.41) is 8.89. The molecular weight excluding hydrogens is 160 g/mol. The molecule has 0 saturated carbocycles. The van der Waals surface area contributed by atoms with Gasteiger partial charge < -0.3 is 5.73 Å². The van der Waals surface area contributed by atoms with Crippen LogP contribution in [0.2, 0.25) is 0 Å². The molecule has 0 aliphatic heterocycles. The molecule has 2 heteroatoms. The van der Waals surface area contributed by atoms with Crippen molar-refractivity contribution in [2.45, 2.75) is 25.8 Å². The summed E-state index contributed by atoms with van der Waals surface area (Å²) in [5.74, 6) is 0. The molecule has 0 amide bonds. The summed E-state index contributed by atoms with van der Waals surface area (Å²) in [6, 6.07) is 6.25. The molecule has 0 fully saturated rings. The van der Waals surface area contributed by atoms with Gasteiger partial charge in [-0.15, -0.1) is 0 Å². The molecule has 2 N–H and O–H groups in total. The zero-order valence-electron chi connectivity index (χ0n) is 7.67. The molecule has 0 aromatic heterocycles. The normalized spacial score (nSPS) is 19.6. The van der Waals surface area contributed by atoms with Gasteiger partial charge in [0.15, 0.2) is 0 Å². The Balaban J connectivity index is 2.67. The zero-order chi connectivity index (χ0) is 9.42. The van der Waals surface area contributed by atoms with Crippen LogP contribution in [0.15, 0.2) is 12.1 Å². The standard InChI is InChI=1S/C11H12N2/c1-7-2-3-8(6-12)9-4-5-10(13)11(7)9/h2-3,10H,4-5,13H2,1H3/t10-/m0/s1. The van der Waals surface area contributed by atoms with Gasteiger partial charge in [0.1, 0.15) is 0 Å². The van der Waals surface area contributed by atoms with E-state index in [-0.39, 0.29) is 6.04 Å². The number of rotatable bonds is 0. The minimum atomic E-state index is 0.142. The van der Waals surface area contributed by atoms with Crippen LogP contribution in [-0.4, -0.2) is 0 Å². The molecule has 1 aromatic rings. The predicted octanol–water partition coefficient (Wildman–Crippen LogP) is 1.81. The molecule has 2 nitrogen and oxygen atoms in total. The first-order valence-corrected chi connectivity index (χ1v) is 4.52. The van der Waals surface area contributed by atoms with Crippen LogP contribution in [0.25, 0.3) is 0 Å². The second-order valence-electron chi connectivity index (χ2n) is 3.58. The molecule has 2 rings (SSSR count). The summed E-state index contributed by atoms with van der Waals surface area (Å²) in [6.07, 6.45) is 1.94. The van der Waals surface area contributed by atoms with Crippen LogP contribution in [0.3, 0.4) is 0 Å². The molecule has 0 heterocycles. The van der Waals surface area contributed by atoms with Crippen LogP contribution in [-0.2, 0) is 6.42 Å². The Morgan fingerprint density at radius 3 is 3.00 bits per heavy atom. The van der Waals surface area contributed by atoms with Crippen LogP contribution in [0.5, 0.6) is 0 Å². The van der Waals surface area contributed by atoms with E-state index >= 15 is 0 Å². The summed E-state index contributed by atoms with van der Waals surface area (Å²) in [4.78, 5) is 0. The Morgan fingerprint density at radius 1 is 1.54 bits per heavy atom. The van der Waals surface area contributed by atoms with Crippen LogP contribution in [0.4, 0.5) is 0 Å². The Bertz CT molecular complexity index is 388. The quantitative estimate of drug-likeness (QED) is 0.648. The van der Waals surface area contributed by atoms with Gasteiger partial charge in [0, 0.05) is 6.04 Å². The average Bonchev–Trinajstić information content (AvgIpc) is 2.50. The highest BCUT2D eigenvalue weighted by molar-refractivity contribution is 5.50. The maximum atomic E-state index is 8.89. The third-order valence-electron chi connectivity index (χ3n) is 2.77. The maximum absolute atomic E-state index is 8.89. The van der Waals surface area contributed by atoms with Gasteiger partial charge in [-0.25, -0.2) is 0 Å². The predicted molar refractivity (Wildman–Crippen MR) is 51.1 cm³/mol. The van der Waals surface area contributed by atoms with Crippen molar-refractivity contribution in [3.8, 4) is 6.07 Å². The number of nitriles is 1. The maximum Gasteiger partial charge on any atom is 0.0994 e. The molecule has 1 aliphatic rings. The van der Waals surface area contributed by atoms with Crippen molar-refractivity contribution >= 4 is 0 Å². The molecule has 0 saturated heterocycles. The van der Waals surface area contributed by atoms with Crippen LogP contribution < -0.4 is 5.73 Å². The molecule has 1 aliphatic carbocycles. The Kier molecular flexibility index (Phi) is 1.82. The summed E-state index contributed by atoms with van der Waals surface area (Å²) in [5.41, 5.74) is 10.4. The van der Waals surface area contributed by atoms with Gasteiger partial charge >= 0.3 is 0 Å². The summed E-state index contributed by atoms with van der Waals surface area (Å²) >= 11 is 0. The lowest BCUT2D eigenvalue weighted by molar-refractivity contribution is 0.710. The highest BCUT2D eigenvalue weighted by Crippen LogP contribution is 2.33. The van der Waals surface area contributed by atoms with Crippen molar-refractivity contribution in [2.24, 2.45) is 5.73 Å². The van der Waals surface area contributed by atoms with E-state index in [4.69, 9.17) is 11.0 Å². The van der Waals surface area contributed by atoms with Crippen molar-refractivity contribution < 1.29 is 0 Å². The number of nitrogens with zero attached hydrogens (tertiary/aromatic N) is 1. The van der Waals surface area contributed by atoms with Gasteiger partial charge in [0.25, 0.3) is 0 Å². The lowest BCUT2D eigenvalue weighted by Gasteiger charge is -2.09. The van der Waals surface area contributed by atoms with Crippen molar-refractivity contribution in [3.05, 3.63) is 34.4 Å². The Hall–Kier alpha value is -1.33. The SMILES string of the molecule is Cc1ccc(C#N)c2c1[C@@H](N)CC2. The fourth-order valence-electron chi connectivity index (χ4n) is 2.12. The Labute approximate surface area is 78.0 Å². The second kappa shape index (κ2) is 2.86. The molecule has 1 aromatic carbocycles. The van der Waals surface area contributed by atoms with Crippen molar-refractivity contribution in [1.29, 1.82) is 5.26 Å². The number of nitrogens with two attached hydrogens (primary N) is 1. The van der Waals surface area contributed by atoms with Crippen molar-refractivity contribution in [3.63, 3.8) is 0 Å². The molecule has 66 valence electrons. The van der Waals surface area contributed by atoms with E-state index in [1.807, 2.05) is 12.1 Å². The highest BCUT2D eigenvalue weighted by Gasteiger charge is 2.23. The average molecular weight is 172 g/mol. The van der Waals surface area contributed by atoms with E-state index in [0.29, 0.717) is 0 Å². The monoisotopic (exact) mass is 172 g/mol. The molecular formula is C11H12N2. The van der Waals surface area contributed by atoms with E-state index < -0.39 is 0 Å². The highest BCUT2D eigenvalue weighted by atomic mass is 14.6. The van der Waals surface area contributed by atoms with E-state index in [0.717, 1.165) is 18.4 Å². The number of hydrogen-bond acceptors (Lipinski definition) is 2.